The predicted molar refractivity (Wildman–Crippen MR) is 134 cm³/mol. The summed E-state index contributed by atoms with van der Waals surface area (Å²) in [5.74, 6) is 2.41. The third-order valence-corrected chi connectivity index (χ3v) is 10.2. The summed E-state index contributed by atoms with van der Waals surface area (Å²) in [5.41, 5.74) is 2.94. The minimum atomic E-state index is -0.185. The molecule has 0 spiro atoms. The van der Waals surface area contributed by atoms with Gasteiger partial charge in [0.1, 0.15) is 18.0 Å². The average Bonchev–Trinajstić information content (AvgIpc) is 3.14. The van der Waals surface area contributed by atoms with Gasteiger partial charge in [0.2, 0.25) is 0 Å². The molecule has 1 aromatic rings. The minimum Gasteiger partial charge on any atom is -0.497 e. The second kappa shape index (κ2) is 8.97. The van der Waals surface area contributed by atoms with E-state index in [1.807, 2.05) is 0 Å². The lowest BCUT2D eigenvalue weighted by Crippen LogP contribution is -2.53. The van der Waals surface area contributed by atoms with Gasteiger partial charge in [-0.1, -0.05) is 37.6 Å². The zero-order chi connectivity index (χ0) is 25.0. The van der Waals surface area contributed by atoms with Crippen LogP contribution in [0.3, 0.4) is 0 Å². The Morgan fingerprint density at radius 2 is 1.60 bits per heavy atom. The van der Waals surface area contributed by atoms with Crippen LogP contribution in [-0.4, -0.2) is 31.3 Å². The number of ether oxygens (including phenoxy) is 3. The van der Waals surface area contributed by atoms with E-state index < -0.39 is 0 Å². The molecule has 0 bridgehead atoms. The predicted octanol–water partition coefficient (Wildman–Crippen LogP) is 6.21. The maximum Gasteiger partial charge on any atom is 0.302 e. The van der Waals surface area contributed by atoms with Crippen LogP contribution in [0.25, 0.3) is 0 Å². The number of fused-ring (bicyclic) bond motifs is 5. The number of carbonyl (C=O) groups is 2. The first kappa shape index (κ1) is 24.4. The lowest BCUT2D eigenvalue weighted by atomic mass is 9.45. The number of carbonyl (C=O) groups excluding carboxylic acids is 2. The van der Waals surface area contributed by atoms with E-state index in [9.17, 15) is 9.59 Å². The quantitative estimate of drug-likeness (QED) is 0.378. The molecule has 35 heavy (non-hydrogen) atoms. The van der Waals surface area contributed by atoms with Gasteiger partial charge in [0, 0.05) is 31.6 Å². The Kier molecular flexibility index (Phi) is 6.26. The molecule has 0 N–H and O–H groups in total. The van der Waals surface area contributed by atoms with Crippen LogP contribution in [-0.2, 0) is 19.1 Å². The van der Waals surface area contributed by atoms with Crippen molar-refractivity contribution in [3.8, 4) is 5.75 Å². The summed E-state index contributed by atoms with van der Waals surface area (Å²) in [6.45, 7) is 7.90. The molecular weight excluding hydrogens is 440 g/mol. The Bertz CT molecular complexity index is 1010. The van der Waals surface area contributed by atoms with Crippen molar-refractivity contribution >= 4 is 11.9 Å². The van der Waals surface area contributed by atoms with Crippen molar-refractivity contribution in [2.75, 3.05) is 7.11 Å². The smallest absolute Gasteiger partial charge is 0.302 e. The van der Waals surface area contributed by atoms with E-state index in [0.717, 1.165) is 50.7 Å². The number of esters is 2. The second-order valence-corrected chi connectivity index (χ2v) is 11.9. The van der Waals surface area contributed by atoms with E-state index in [1.54, 1.807) is 14.0 Å². The van der Waals surface area contributed by atoms with Crippen molar-refractivity contribution in [3.05, 3.63) is 41.5 Å². The summed E-state index contributed by atoms with van der Waals surface area (Å²) < 4.78 is 17.0. The monoisotopic (exact) mass is 480 g/mol. The number of hydrogen-bond donors (Lipinski definition) is 0. The Morgan fingerprint density at radius 3 is 2.26 bits per heavy atom. The number of allylic oxidation sites excluding steroid dienone is 1. The van der Waals surface area contributed by atoms with Crippen molar-refractivity contribution < 1.29 is 23.8 Å². The van der Waals surface area contributed by atoms with Crippen LogP contribution in [0.1, 0.15) is 84.1 Å². The molecule has 190 valence electrons. The van der Waals surface area contributed by atoms with E-state index in [4.69, 9.17) is 14.2 Å². The van der Waals surface area contributed by atoms with Gasteiger partial charge >= 0.3 is 11.9 Å². The van der Waals surface area contributed by atoms with Gasteiger partial charge in [0.15, 0.2) is 0 Å². The normalized spacial score (nSPS) is 40.0. The van der Waals surface area contributed by atoms with Crippen LogP contribution in [0.2, 0.25) is 0 Å². The second-order valence-electron chi connectivity index (χ2n) is 11.9. The molecule has 3 saturated carbocycles. The highest BCUT2D eigenvalue weighted by Crippen LogP contribution is 2.67. The summed E-state index contributed by atoms with van der Waals surface area (Å²) in [7, 11) is 1.70. The standard InChI is InChI=1S/C30H40O5/c1-18(31)34-23-12-14-29(3)21(16-23)17-24(20-6-8-22(33-5)9-7-20)28-25-10-11-27(35-19(2)32)30(25,4)15-13-26(28)29/h6-9,17,23-28H,10-16H2,1-5H3/t23-,24-,25-,26-,27-,28-,29-,30-/m0/s1. The highest BCUT2D eigenvalue weighted by molar-refractivity contribution is 5.66. The van der Waals surface area contributed by atoms with Crippen LogP contribution in [0, 0.1) is 28.6 Å². The van der Waals surface area contributed by atoms with Crippen LogP contribution in [0.15, 0.2) is 35.9 Å². The van der Waals surface area contributed by atoms with Crippen molar-refractivity contribution in [2.45, 2.75) is 90.8 Å². The molecule has 0 amide bonds. The van der Waals surface area contributed by atoms with Gasteiger partial charge < -0.3 is 14.2 Å². The molecule has 4 aliphatic carbocycles. The average molecular weight is 481 g/mol. The van der Waals surface area contributed by atoms with Crippen LogP contribution in [0.4, 0.5) is 0 Å². The first-order chi connectivity index (χ1) is 16.7. The first-order valence-electron chi connectivity index (χ1n) is 13.4. The minimum absolute atomic E-state index is 0.0142. The van der Waals surface area contributed by atoms with Gasteiger partial charge in [-0.3, -0.25) is 9.59 Å². The van der Waals surface area contributed by atoms with E-state index in [1.165, 1.54) is 18.1 Å². The topological polar surface area (TPSA) is 61.8 Å². The lowest BCUT2D eigenvalue weighted by Gasteiger charge is -2.60. The highest BCUT2D eigenvalue weighted by Gasteiger charge is 2.61. The molecule has 8 atom stereocenters. The third kappa shape index (κ3) is 4.09. The molecule has 3 fully saturated rings. The summed E-state index contributed by atoms with van der Waals surface area (Å²) in [6.07, 6.45) is 9.67. The zero-order valence-corrected chi connectivity index (χ0v) is 21.8. The van der Waals surface area contributed by atoms with Crippen LogP contribution < -0.4 is 4.74 Å². The van der Waals surface area contributed by atoms with Gasteiger partial charge in [-0.15, -0.1) is 0 Å². The van der Waals surface area contributed by atoms with E-state index in [2.05, 4.69) is 44.2 Å². The van der Waals surface area contributed by atoms with Crippen molar-refractivity contribution in [1.29, 1.82) is 0 Å². The van der Waals surface area contributed by atoms with E-state index in [0.29, 0.717) is 23.7 Å². The van der Waals surface area contributed by atoms with Gasteiger partial charge in [-0.05, 0) is 79.4 Å². The summed E-state index contributed by atoms with van der Waals surface area (Å²) >= 11 is 0. The Hall–Kier alpha value is -2.30. The fraction of sp³-hybridized carbons (Fsp3) is 0.667. The molecule has 4 aliphatic rings. The Morgan fingerprint density at radius 1 is 0.886 bits per heavy atom. The summed E-state index contributed by atoms with van der Waals surface area (Å²) in [6, 6.07) is 8.57. The SMILES string of the molecule is COc1ccc([C@@H]2C=C3C[C@@H](OC(C)=O)CC[C@]3(C)[C@H]3CC[C@]4(C)[C@@H](OC(C)=O)CC[C@H]4[C@H]23)cc1. The molecular formula is C30H40O5. The van der Waals surface area contributed by atoms with Crippen LogP contribution in [0.5, 0.6) is 5.75 Å². The third-order valence-electron chi connectivity index (χ3n) is 10.2. The molecule has 0 saturated heterocycles. The highest BCUT2D eigenvalue weighted by atomic mass is 16.5. The fourth-order valence-electron chi connectivity index (χ4n) is 8.48. The van der Waals surface area contributed by atoms with Gasteiger partial charge in [0.25, 0.3) is 0 Å². The van der Waals surface area contributed by atoms with Gasteiger partial charge in [-0.25, -0.2) is 0 Å². The number of hydrogen-bond acceptors (Lipinski definition) is 5. The molecule has 0 heterocycles. The number of rotatable bonds is 4. The van der Waals surface area contributed by atoms with Crippen molar-refractivity contribution in [1.82, 2.24) is 0 Å². The van der Waals surface area contributed by atoms with Gasteiger partial charge in [-0.2, -0.15) is 0 Å². The largest absolute Gasteiger partial charge is 0.497 e. The fourth-order valence-corrected chi connectivity index (χ4v) is 8.48. The Labute approximate surface area is 209 Å². The maximum absolute atomic E-state index is 11.9. The molecule has 5 nitrogen and oxygen atoms in total. The van der Waals surface area contributed by atoms with E-state index in [-0.39, 0.29) is 35.0 Å². The lowest BCUT2D eigenvalue weighted by molar-refractivity contribution is -0.157. The maximum atomic E-state index is 11.9. The number of benzene rings is 1. The van der Waals surface area contributed by atoms with E-state index >= 15 is 0 Å². The van der Waals surface area contributed by atoms with Crippen molar-refractivity contribution in [3.63, 3.8) is 0 Å². The van der Waals surface area contributed by atoms with Crippen molar-refractivity contribution in [2.24, 2.45) is 28.6 Å². The molecule has 0 radical (unpaired) electrons. The first-order valence-corrected chi connectivity index (χ1v) is 13.4. The van der Waals surface area contributed by atoms with Crippen LogP contribution >= 0.6 is 0 Å². The number of methoxy groups -OCH3 is 1. The van der Waals surface area contributed by atoms with Gasteiger partial charge in [0.05, 0.1) is 7.11 Å². The molecule has 5 rings (SSSR count). The zero-order valence-electron chi connectivity index (χ0n) is 21.8. The summed E-state index contributed by atoms with van der Waals surface area (Å²) in [5, 5.41) is 0. The molecule has 5 heteroatoms. The molecule has 0 unspecified atom stereocenters. The molecule has 0 aromatic heterocycles. The summed E-state index contributed by atoms with van der Waals surface area (Å²) in [4.78, 5) is 23.6. The Balaban J connectivity index is 1.56. The molecule has 1 aromatic carbocycles. The molecule has 0 aliphatic heterocycles.